The van der Waals surface area contributed by atoms with E-state index >= 15 is 0 Å². The summed E-state index contributed by atoms with van der Waals surface area (Å²) in [5.74, 6) is -2.19. The molecule has 0 bridgehead atoms. The van der Waals surface area contributed by atoms with Crippen molar-refractivity contribution in [3.63, 3.8) is 0 Å². The molecule has 108 valence electrons. The minimum atomic E-state index is -1.08. The molecular weight excluding hydrogens is 272 g/mol. The van der Waals surface area contributed by atoms with Gasteiger partial charge in [0.1, 0.15) is 0 Å². The second-order valence-electron chi connectivity index (χ2n) is 5.16. The van der Waals surface area contributed by atoms with Gasteiger partial charge < -0.3 is 5.11 Å². The van der Waals surface area contributed by atoms with Crippen molar-refractivity contribution >= 4 is 23.5 Å². The Morgan fingerprint density at radius 1 is 1.19 bits per heavy atom. The fraction of sp³-hybridized carbons (Fsp3) is 0.267. The first-order valence-electron chi connectivity index (χ1n) is 6.71. The van der Waals surface area contributed by atoms with E-state index < -0.39 is 5.97 Å². The number of aromatic carboxylic acids is 1. The van der Waals surface area contributed by atoms with Gasteiger partial charge >= 0.3 is 5.97 Å². The van der Waals surface area contributed by atoms with E-state index in [2.05, 4.69) is 5.43 Å². The van der Waals surface area contributed by atoms with Crippen molar-refractivity contribution in [1.82, 2.24) is 5.43 Å². The summed E-state index contributed by atoms with van der Waals surface area (Å²) in [7, 11) is 0. The van der Waals surface area contributed by atoms with Gasteiger partial charge in [0.2, 0.25) is 11.8 Å². The van der Waals surface area contributed by atoms with Crippen molar-refractivity contribution in [1.29, 1.82) is 0 Å². The first kappa shape index (κ1) is 13.4. The molecule has 1 aromatic carbocycles. The number of carbonyl (C=O) groups excluding carboxylic acids is 2. The summed E-state index contributed by atoms with van der Waals surface area (Å²) in [5, 5.41) is 10.2. The van der Waals surface area contributed by atoms with Crippen LogP contribution in [0.5, 0.6) is 0 Å². The maximum Gasteiger partial charge on any atom is 0.335 e. The average molecular weight is 286 g/mol. The van der Waals surface area contributed by atoms with Crippen LogP contribution >= 0.6 is 0 Å². The molecule has 3 rings (SSSR count). The van der Waals surface area contributed by atoms with Gasteiger partial charge in [-0.1, -0.05) is 18.2 Å². The Morgan fingerprint density at radius 3 is 2.62 bits per heavy atom. The van der Waals surface area contributed by atoms with Gasteiger partial charge in [-0.15, -0.1) is 0 Å². The molecule has 6 heteroatoms. The number of rotatable bonds is 2. The number of carboxylic acid groups (broad SMARTS) is 1. The van der Waals surface area contributed by atoms with Crippen LogP contribution in [0.1, 0.15) is 23.2 Å². The van der Waals surface area contributed by atoms with Crippen LogP contribution < -0.4 is 10.4 Å². The smallest absolute Gasteiger partial charge is 0.335 e. The molecule has 1 saturated heterocycles. The summed E-state index contributed by atoms with van der Waals surface area (Å²) in [6.45, 7) is 0. The lowest BCUT2D eigenvalue weighted by atomic mass is 9.80. The summed E-state index contributed by atoms with van der Waals surface area (Å²) >= 11 is 0. The third-order valence-electron chi connectivity index (χ3n) is 3.88. The van der Waals surface area contributed by atoms with Crippen molar-refractivity contribution in [3.05, 3.63) is 42.0 Å². The number of allylic oxidation sites excluding steroid dienone is 2. The molecule has 1 aliphatic carbocycles. The van der Waals surface area contributed by atoms with Gasteiger partial charge in [-0.25, -0.2) is 9.80 Å². The first-order chi connectivity index (χ1) is 10.1. The van der Waals surface area contributed by atoms with Crippen LogP contribution in [0, 0.1) is 11.8 Å². The van der Waals surface area contributed by atoms with Gasteiger partial charge in [-0.05, 0) is 31.0 Å². The van der Waals surface area contributed by atoms with Crippen LogP contribution in [0.2, 0.25) is 0 Å². The summed E-state index contributed by atoms with van der Waals surface area (Å²) < 4.78 is 0. The van der Waals surface area contributed by atoms with E-state index in [1.807, 2.05) is 12.2 Å². The number of benzene rings is 1. The van der Waals surface area contributed by atoms with Crippen LogP contribution in [-0.4, -0.2) is 22.9 Å². The summed E-state index contributed by atoms with van der Waals surface area (Å²) in [4.78, 5) is 35.6. The topological polar surface area (TPSA) is 86.7 Å². The van der Waals surface area contributed by atoms with Crippen LogP contribution in [0.3, 0.4) is 0 Å². The highest BCUT2D eigenvalue weighted by Gasteiger charge is 2.42. The summed E-state index contributed by atoms with van der Waals surface area (Å²) in [5.41, 5.74) is 3.00. The molecule has 0 spiro atoms. The predicted molar refractivity (Wildman–Crippen MR) is 74.4 cm³/mol. The quantitative estimate of drug-likeness (QED) is 0.803. The highest BCUT2D eigenvalue weighted by atomic mass is 16.4. The third-order valence-corrected chi connectivity index (χ3v) is 3.88. The van der Waals surface area contributed by atoms with Gasteiger partial charge in [0.25, 0.3) is 0 Å². The van der Waals surface area contributed by atoms with Gasteiger partial charge in [0.15, 0.2) is 0 Å². The molecule has 21 heavy (non-hydrogen) atoms. The van der Waals surface area contributed by atoms with Crippen molar-refractivity contribution < 1.29 is 19.5 Å². The molecule has 1 aliphatic heterocycles. The zero-order valence-electron chi connectivity index (χ0n) is 11.2. The van der Waals surface area contributed by atoms with Crippen LogP contribution in [0.25, 0.3) is 0 Å². The highest BCUT2D eigenvalue weighted by Crippen LogP contribution is 2.32. The lowest BCUT2D eigenvalue weighted by molar-refractivity contribution is -0.139. The molecule has 2 aliphatic rings. The fourth-order valence-corrected chi connectivity index (χ4v) is 2.76. The second kappa shape index (κ2) is 5.05. The SMILES string of the molecule is O=C(O)c1cccc(N2NC(=O)[C@@H]3CC=CC[C@H]3C2=O)c1. The molecule has 1 heterocycles. The van der Waals surface area contributed by atoms with E-state index in [4.69, 9.17) is 5.11 Å². The number of carbonyl (C=O) groups is 3. The zero-order chi connectivity index (χ0) is 15.0. The molecule has 1 fully saturated rings. The Bertz CT molecular complexity index is 653. The zero-order valence-corrected chi connectivity index (χ0v) is 11.2. The van der Waals surface area contributed by atoms with E-state index in [9.17, 15) is 14.4 Å². The largest absolute Gasteiger partial charge is 0.478 e. The standard InChI is InChI=1S/C15H14N2O4/c18-13-11-6-1-2-7-12(11)14(19)17(16-13)10-5-3-4-9(8-10)15(20)21/h1-5,8,11-12H,6-7H2,(H,16,18)(H,20,21)/t11-,12-/m1/s1. The first-order valence-corrected chi connectivity index (χ1v) is 6.71. The van der Waals surface area contributed by atoms with Crippen molar-refractivity contribution in [3.8, 4) is 0 Å². The number of fused-ring (bicyclic) bond motifs is 1. The van der Waals surface area contributed by atoms with Crippen LogP contribution in [0.4, 0.5) is 5.69 Å². The molecule has 0 aromatic heterocycles. The number of anilines is 1. The normalized spacial score (nSPS) is 24.5. The molecule has 2 amide bonds. The Hall–Kier alpha value is -2.63. The Kier molecular flexibility index (Phi) is 3.21. The van der Waals surface area contributed by atoms with E-state index in [0.29, 0.717) is 18.5 Å². The average Bonchev–Trinajstić information content (AvgIpc) is 2.51. The number of nitrogens with one attached hydrogen (secondary N) is 1. The molecule has 2 atom stereocenters. The van der Waals surface area contributed by atoms with Crippen LogP contribution in [-0.2, 0) is 9.59 Å². The number of hydrogen-bond donors (Lipinski definition) is 2. The molecule has 0 radical (unpaired) electrons. The molecule has 0 unspecified atom stereocenters. The van der Waals surface area contributed by atoms with Crippen molar-refractivity contribution in [2.24, 2.45) is 11.8 Å². The van der Waals surface area contributed by atoms with Gasteiger partial charge in [0, 0.05) is 0 Å². The minimum absolute atomic E-state index is 0.0696. The number of nitrogens with zero attached hydrogens (tertiary/aromatic N) is 1. The lowest BCUT2D eigenvalue weighted by Crippen LogP contribution is -2.59. The Morgan fingerprint density at radius 2 is 1.90 bits per heavy atom. The monoisotopic (exact) mass is 286 g/mol. The van der Waals surface area contributed by atoms with E-state index in [-0.39, 0.29) is 29.2 Å². The van der Waals surface area contributed by atoms with E-state index in [1.54, 1.807) is 12.1 Å². The molecule has 2 N–H and O–H groups in total. The second-order valence-corrected chi connectivity index (χ2v) is 5.16. The lowest BCUT2D eigenvalue weighted by Gasteiger charge is -2.38. The van der Waals surface area contributed by atoms with Gasteiger partial charge in [-0.3, -0.25) is 15.0 Å². The maximum absolute atomic E-state index is 12.5. The Labute approximate surface area is 121 Å². The maximum atomic E-state index is 12.5. The van der Waals surface area contributed by atoms with Gasteiger partial charge in [0.05, 0.1) is 23.1 Å². The highest BCUT2D eigenvalue weighted by molar-refractivity contribution is 6.04. The fourth-order valence-electron chi connectivity index (χ4n) is 2.76. The minimum Gasteiger partial charge on any atom is -0.478 e. The van der Waals surface area contributed by atoms with Crippen molar-refractivity contribution in [2.75, 3.05) is 5.01 Å². The number of hydrazine groups is 1. The summed E-state index contributed by atoms with van der Waals surface area (Å²) in [6, 6.07) is 5.96. The molecular formula is C15H14N2O4. The third kappa shape index (κ3) is 2.29. The molecule has 0 saturated carbocycles. The predicted octanol–water partition coefficient (Wildman–Crippen LogP) is 1.34. The van der Waals surface area contributed by atoms with Crippen LogP contribution in [0.15, 0.2) is 36.4 Å². The number of amides is 2. The van der Waals surface area contributed by atoms with E-state index in [0.717, 1.165) is 5.01 Å². The Balaban J connectivity index is 1.94. The summed E-state index contributed by atoms with van der Waals surface area (Å²) in [6.07, 6.45) is 4.91. The van der Waals surface area contributed by atoms with E-state index in [1.165, 1.54) is 12.1 Å². The number of carboxylic acids is 1. The van der Waals surface area contributed by atoms with Gasteiger partial charge in [-0.2, -0.15) is 0 Å². The number of hydrogen-bond acceptors (Lipinski definition) is 3. The molecule has 6 nitrogen and oxygen atoms in total. The van der Waals surface area contributed by atoms with Crippen molar-refractivity contribution in [2.45, 2.75) is 12.8 Å². The molecule has 1 aromatic rings.